The van der Waals surface area contributed by atoms with Crippen molar-refractivity contribution in [3.05, 3.63) is 82.0 Å². The number of nitrogens with one attached hydrogen (secondary N) is 1. The van der Waals surface area contributed by atoms with Gasteiger partial charge in [0.2, 0.25) is 4.80 Å². The first-order chi connectivity index (χ1) is 18.0. The molecule has 0 unspecified atom stereocenters. The van der Waals surface area contributed by atoms with Crippen molar-refractivity contribution in [2.24, 2.45) is 10.1 Å². The molecule has 0 atom stereocenters. The molecule has 4 aromatic rings. The van der Waals surface area contributed by atoms with Crippen molar-refractivity contribution in [3.63, 3.8) is 0 Å². The number of ether oxygens (including phenoxy) is 3. The Balaban J connectivity index is 1.48. The number of thiazole rings is 1. The molecule has 0 saturated heterocycles. The molecule has 2 aliphatic heterocycles. The molecule has 1 aromatic heterocycles. The van der Waals surface area contributed by atoms with E-state index in [1.54, 1.807) is 0 Å². The van der Waals surface area contributed by atoms with Crippen molar-refractivity contribution in [3.8, 4) is 28.5 Å². The Morgan fingerprint density at radius 2 is 1.81 bits per heavy atom. The van der Waals surface area contributed by atoms with Crippen LogP contribution in [0.5, 0.6) is 17.2 Å². The third-order valence-electron chi connectivity index (χ3n) is 6.03. The summed E-state index contributed by atoms with van der Waals surface area (Å²) in [4.78, 5) is 17.5. The lowest BCUT2D eigenvalue weighted by Crippen LogP contribution is -2.25. The molecule has 37 heavy (non-hydrogen) atoms. The lowest BCUT2D eigenvalue weighted by Gasteiger charge is -2.19. The number of aromatic nitrogens is 1. The zero-order valence-electron chi connectivity index (χ0n) is 20.4. The van der Waals surface area contributed by atoms with Crippen molar-refractivity contribution in [1.29, 1.82) is 0 Å². The van der Waals surface area contributed by atoms with Gasteiger partial charge in [0.05, 0.1) is 22.8 Å². The van der Waals surface area contributed by atoms with Gasteiger partial charge in [0.15, 0.2) is 18.1 Å². The van der Waals surface area contributed by atoms with Crippen LogP contribution >= 0.6 is 11.3 Å². The molecule has 0 radical (unpaired) electrons. The number of aryl methyl sites for hydroxylation is 1. The van der Waals surface area contributed by atoms with Crippen LogP contribution in [-0.4, -0.2) is 36.1 Å². The SMILES string of the molecule is CC(=Nn1c(-c2ccc3c(c2)NC(=O)CO3)csc1=Nc1cccc(C)c1)c1ccc2c(c1)OCCO2. The monoisotopic (exact) mass is 512 g/mol. The third-order valence-corrected chi connectivity index (χ3v) is 6.85. The highest BCUT2D eigenvalue weighted by Crippen LogP contribution is 2.34. The van der Waals surface area contributed by atoms with E-state index in [0.29, 0.717) is 30.4 Å². The number of rotatable bonds is 4. The smallest absolute Gasteiger partial charge is 0.262 e. The quantitative estimate of drug-likeness (QED) is 0.384. The Labute approximate surface area is 217 Å². The van der Waals surface area contributed by atoms with Crippen LogP contribution in [0, 0.1) is 6.92 Å². The van der Waals surface area contributed by atoms with Crippen LogP contribution in [-0.2, 0) is 4.79 Å². The predicted molar refractivity (Wildman–Crippen MR) is 143 cm³/mol. The van der Waals surface area contributed by atoms with Crippen LogP contribution in [0.3, 0.4) is 0 Å². The predicted octanol–water partition coefficient (Wildman–Crippen LogP) is 5.13. The van der Waals surface area contributed by atoms with Gasteiger partial charge in [-0.2, -0.15) is 5.10 Å². The summed E-state index contributed by atoms with van der Waals surface area (Å²) < 4.78 is 18.8. The second kappa shape index (κ2) is 9.59. The minimum Gasteiger partial charge on any atom is -0.486 e. The summed E-state index contributed by atoms with van der Waals surface area (Å²) in [6, 6.07) is 19.6. The highest BCUT2D eigenvalue weighted by Gasteiger charge is 2.18. The van der Waals surface area contributed by atoms with Gasteiger partial charge in [-0.15, -0.1) is 11.3 Å². The van der Waals surface area contributed by atoms with E-state index in [0.717, 1.165) is 44.3 Å². The van der Waals surface area contributed by atoms with Gasteiger partial charge in [-0.3, -0.25) is 4.79 Å². The molecule has 0 aliphatic carbocycles. The number of hydrogen-bond donors (Lipinski definition) is 1. The summed E-state index contributed by atoms with van der Waals surface area (Å²) in [6.45, 7) is 5.08. The van der Waals surface area contributed by atoms with Crippen LogP contribution in [0.4, 0.5) is 11.4 Å². The molecule has 0 bridgehead atoms. The molecule has 186 valence electrons. The largest absolute Gasteiger partial charge is 0.486 e. The summed E-state index contributed by atoms with van der Waals surface area (Å²) >= 11 is 1.50. The summed E-state index contributed by atoms with van der Waals surface area (Å²) in [5.41, 5.74) is 6.04. The molecule has 1 amide bonds. The van der Waals surface area contributed by atoms with Crippen LogP contribution in [0.2, 0.25) is 0 Å². The van der Waals surface area contributed by atoms with E-state index in [9.17, 15) is 4.79 Å². The van der Waals surface area contributed by atoms with E-state index >= 15 is 0 Å². The molecule has 6 rings (SSSR count). The first-order valence-electron chi connectivity index (χ1n) is 11.9. The first-order valence-corrected chi connectivity index (χ1v) is 12.8. The Kier molecular flexibility index (Phi) is 5.97. The molecule has 0 fully saturated rings. The zero-order valence-corrected chi connectivity index (χ0v) is 21.2. The minimum absolute atomic E-state index is 0.0172. The molecule has 0 saturated carbocycles. The van der Waals surface area contributed by atoms with Crippen molar-refractivity contribution < 1.29 is 19.0 Å². The highest BCUT2D eigenvalue weighted by atomic mass is 32.1. The number of carbonyl (C=O) groups is 1. The fourth-order valence-electron chi connectivity index (χ4n) is 4.20. The summed E-state index contributed by atoms with van der Waals surface area (Å²) in [5, 5.41) is 9.89. The Morgan fingerprint density at radius 3 is 2.68 bits per heavy atom. The van der Waals surface area contributed by atoms with E-state index < -0.39 is 0 Å². The average molecular weight is 513 g/mol. The highest BCUT2D eigenvalue weighted by molar-refractivity contribution is 7.07. The van der Waals surface area contributed by atoms with Crippen molar-refractivity contribution in [1.82, 2.24) is 4.68 Å². The average Bonchev–Trinajstić information content (AvgIpc) is 3.29. The maximum Gasteiger partial charge on any atom is 0.262 e. The van der Waals surface area contributed by atoms with Gasteiger partial charge < -0.3 is 19.5 Å². The third kappa shape index (κ3) is 4.73. The van der Waals surface area contributed by atoms with E-state index in [1.807, 2.05) is 84.6 Å². The number of carbonyl (C=O) groups excluding carboxylic acids is 1. The van der Waals surface area contributed by atoms with Gasteiger partial charge >= 0.3 is 0 Å². The first kappa shape index (κ1) is 23.1. The van der Waals surface area contributed by atoms with Crippen LogP contribution < -0.4 is 24.3 Å². The molecule has 2 aliphatic rings. The van der Waals surface area contributed by atoms with Crippen molar-refractivity contribution in [2.45, 2.75) is 13.8 Å². The van der Waals surface area contributed by atoms with E-state index in [2.05, 4.69) is 5.32 Å². The maximum atomic E-state index is 11.9. The lowest BCUT2D eigenvalue weighted by atomic mass is 10.1. The molecule has 9 heteroatoms. The second-order valence-corrected chi connectivity index (χ2v) is 9.59. The number of hydrogen-bond acceptors (Lipinski definition) is 7. The number of fused-ring (bicyclic) bond motifs is 2. The molecule has 8 nitrogen and oxygen atoms in total. The normalized spacial score (nSPS) is 15.1. The van der Waals surface area contributed by atoms with Gasteiger partial charge in [-0.25, -0.2) is 9.67 Å². The van der Waals surface area contributed by atoms with E-state index in [-0.39, 0.29) is 12.5 Å². The summed E-state index contributed by atoms with van der Waals surface area (Å²) in [5.74, 6) is 1.92. The second-order valence-electron chi connectivity index (χ2n) is 8.76. The van der Waals surface area contributed by atoms with Gasteiger partial charge in [-0.1, -0.05) is 12.1 Å². The molecular formula is C28H24N4O4S. The van der Waals surface area contributed by atoms with Crippen molar-refractivity contribution >= 4 is 34.3 Å². The van der Waals surface area contributed by atoms with E-state index in [1.165, 1.54) is 11.3 Å². The fraction of sp³-hybridized carbons (Fsp3) is 0.179. The standard InChI is InChI=1S/C28H24N4O4S/c1-17-4-3-5-21(12-17)29-28-32(31-18(2)19-6-9-25-26(14-19)35-11-10-34-25)23(16-37-28)20-7-8-24-22(13-20)30-27(33)15-36-24/h3-9,12-14,16H,10-11,15H2,1-2H3,(H,30,33). The number of amides is 1. The molecule has 1 N–H and O–H groups in total. The number of anilines is 1. The van der Waals surface area contributed by atoms with E-state index in [4.69, 9.17) is 24.3 Å². The topological polar surface area (TPSA) is 86.4 Å². The van der Waals surface area contributed by atoms with Crippen LogP contribution in [0.1, 0.15) is 18.1 Å². The van der Waals surface area contributed by atoms with Gasteiger partial charge in [0.1, 0.15) is 19.0 Å². The van der Waals surface area contributed by atoms with Crippen LogP contribution in [0.15, 0.2) is 76.1 Å². The molecular weight excluding hydrogens is 488 g/mol. The van der Waals surface area contributed by atoms with Gasteiger partial charge in [0, 0.05) is 16.5 Å². The summed E-state index contributed by atoms with van der Waals surface area (Å²) in [6.07, 6.45) is 0. The zero-order chi connectivity index (χ0) is 25.4. The maximum absolute atomic E-state index is 11.9. The minimum atomic E-state index is -0.176. The molecule has 3 aromatic carbocycles. The Bertz CT molecular complexity index is 1620. The van der Waals surface area contributed by atoms with Gasteiger partial charge in [0.25, 0.3) is 5.91 Å². The van der Waals surface area contributed by atoms with Crippen molar-refractivity contribution in [2.75, 3.05) is 25.1 Å². The number of nitrogens with zero attached hydrogens (tertiary/aromatic N) is 3. The lowest BCUT2D eigenvalue weighted by molar-refractivity contribution is -0.118. The molecule has 3 heterocycles. The number of benzene rings is 3. The van der Waals surface area contributed by atoms with Gasteiger partial charge in [-0.05, 0) is 67.9 Å². The Hall–Kier alpha value is -4.37. The van der Waals surface area contributed by atoms with Crippen LogP contribution in [0.25, 0.3) is 11.3 Å². The fourth-order valence-corrected chi connectivity index (χ4v) is 5.05. The molecule has 0 spiro atoms. The summed E-state index contributed by atoms with van der Waals surface area (Å²) in [7, 11) is 0. The Morgan fingerprint density at radius 1 is 0.973 bits per heavy atom.